The molecule has 2 unspecified atom stereocenters. The van der Waals surface area contributed by atoms with E-state index in [9.17, 15) is 4.79 Å². The molecule has 1 heterocycles. The Hall–Kier alpha value is -0.610. The van der Waals surface area contributed by atoms with E-state index in [-0.39, 0.29) is 11.9 Å². The highest BCUT2D eigenvalue weighted by Gasteiger charge is 2.23. The highest BCUT2D eigenvalue weighted by Crippen LogP contribution is 2.21. The summed E-state index contributed by atoms with van der Waals surface area (Å²) >= 11 is 0. The minimum Gasteiger partial charge on any atom is -0.469 e. The van der Waals surface area contributed by atoms with E-state index in [1.807, 2.05) is 0 Å². The molecule has 1 saturated heterocycles. The molecule has 0 aliphatic carbocycles. The number of carbonyl (C=O) groups is 1. The van der Waals surface area contributed by atoms with Crippen molar-refractivity contribution in [3.8, 4) is 0 Å². The number of rotatable bonds is 4. The van der Waals surface area contributed by atoms with Gasteiger partial charge in [0.1, 0.15) is 0 Å². The molecule has 0 aromatic heterocycles. The van der Waals surface area contributed by atoms with Crippen molar-refractivity contribution in [2.45, 2.75) is 19.3 Å². The molecule has 0 aromatic carbocycles. The van der Waals surface area contributed by atoms with Gasteiger partial charge in [0.05, 0.1) is 13.0 Å². The summed E-state index contributed by atoms with van der Waals surface area (Å²) in [5.41, 5.74) is 5.52. The number of hydrogen-bond acceptors (Lipinski definition) is 4. The van der Waals surface area contributed by atoms with Gasteiger partial charge in [-0.2, -0.15) is 0 Å². The third-order valence-corrected chi connectivity index (χ3v) is 2.69. The Kier molecular flexibility index (Phi) is 4.90. The van der Waals surface area contributed by atoms with Crippen molar-refractivity contribution in [2.75, 3.05) is 26.9 Å². The summed E-state index contributed by atoms with van der Waals surface area (Å²) in [5.74, 6) is 0.112. The van der Waals surface area contributed by atoms with Crippen molar-refractivity contribution in [3.63, 3.8) is 0 Å². The van der Waals surface area contributed by atoms with Crippen LogP contribution < -0.4 is 5.73 Å². The van der Waals surface area contributed by atoms with E-state index in [2.05, 4.69) is 4.74 Å². The van der Waals surface area contributed by atoms with Crippen LogP contribution in [0.3, 0.4) is 0 Å². The van der Waals surface area contributed by atoms with Gasteiger partial charge in [0.2, 0.25) is 0 Å². The quantitative estimate of drug-likeness (QED) is 0.675. The standard InChI is InChI=1S/C10H19NO3/c1-13-10(12)9(6-11)5-8-3-2-4-14-7-8/h8-9H,2-7,11H2,1H3. The van der Waals surface area contributed by atoms with Gasteiger partial charge in [0.15, 0.2) is 0 Å². The lowest BCUT2D eigenvalue weighted by atomic mass is 9.90. The van der Waals surface area contributed by atoms with Gasteiger partial charge in [-0.25, -0.2) is 0 Å². The molecular weight excluding hydrogens is 182 g/mol. The molecule has 1 fully saturated rings. The van der Waals surface area contributed by atoms with E-state index >= 15 is 0 Å². The van der Waals surface area contributed by atoms with Crippen LogP contribution in [0, 0.1) is 11.8 Å². The van der Waals surface area contributed by atoms with Crippen molar-refractivity contribution >= 4 is 5.97 Å². The van der Waals surface area contributed by atoms with Gasteiger partial charge in [-0.05, 0) is 25.2 Å². The van der Waals surface area contributed by atoms with Crippen LogP contribution in [0.2, 0.25) is 0 Å². The predicted octanol–water partition coefficient (Wildman–Crippen LogP) is 0.551. The second-order valence-electron chi connectivity index (χ2n) is 3.77. The zero-order chi connectivity index (χ0) is 10.4. The summed E-state index contributed by atoms with van der Waals surface area (Å²) < 4.78 is 10.0. The van der Waals surface area contributed by atoms with Gasteiger partial charge in [-0.1, -0.05) is 0 Å². The summed E-state index contributed by atoms with van der Waals surface area (Å²) in [7, 11) is 1.41. The topological polar surface area (TPSA) is 61.5 Å². The second kappa shape index (κ2) is 5.98. The van der Waals surface area contributed by atoms with Crippen LogP contribution in [0.4, 0.5) is 0 Å². The van der Waals surface area contributed by atoms with Crippen molar-refractivity contribution in [1.29, 1.82) is 0 Å². The predicted molar refractivity (Wildman–Crippen MR) is 52.7 cm³/mol. The Morgan fingerprint density at radius 1 is 1.71 bits per heavy atom. The summed E-state index contributed by atoms with van der Waals surface area (Å²) in [6, 6.07) is 0. The number of nitrogens with two attached hydrogens (primary N) is 1. The Balaban J connectivity index is 2.34. The van der Waals surface area contributed by atoms with Gasteiger partial charge in [0.25, 0.3) is 0 Å². The van der Waals surface area contributed by atoms with Crippen LogP contribution in [0.15, 0.2) is 0 Å². The van der Waals surface area contributed by atoms with E-state index < -0.39 is 0 Å². The first kappa shape index (κ1) is 11.5. The SMILES string of the molecule is COC(=O)C(CN)CC1CCCOC1. The van der Waals surface area contributed by atoms with E-state index in [0.717, 1.165) is 32.5 Å². The molecule has 0 aromatic rings. The van der Waals surface area contributed by atoms with Crippen LogP contribution in [0.25, 0.3) is 0 Å². The zero-order valence-corrected chi connectivity index (χ0v) is 8.70. The number of esters is 1. The molecule has 4 nitrogen and oxygen atoms in total. The van der Waals surface area contributed by atoms with Gasteiger partial charge in [0, 0.05) is 19.8 Å². The molecule has 0 bridgehead atoms. The summed E-state index contributed by atoms with van der Waals surface area (Å²) in [6.07, 6.45) is 3.01. The van der Waals surface area contributed by atoms with Gasteiger partial charge < -0.3 is 15.2 Å². The molecule has 0 spiro atoms. The smallest absolute Gasteiger partial charge is 0.309 e. The first-order chi connectivity index (χ1) is 6.77. The molecule has 1 aliphatic rings. The van der Waals surface area contributed by atoms with Crippen molar-refractivity contribution in [3.05, 3.63) is 0 Å². The molecule has 1 rings (SSSR count). The molecule has 1 aliphatic heterocycles. The minimum absolute atomic E-state index is 0.160. The highest BCUT2D eigenvalue weighted by atomic mass is 16.5. The average Bonchev–Trinajstić information content (AvgIpc) is 2.26. The molecule has 14 heavy (non-hydrogen) atoms. The first-order valence-corrected chi connectivity index (χ1v) is 5.13. The van der Waals surface area contributed by atoms with E-state index in [0.29, 0.717) is 12.5 Å². The molecule has 82 valence electrons. The molecule has 4 heteroatoms. The third-order valence-electron chi connectivity index (χ3n) is 2.69. The Labute approximate surface area is 84.7 Å². The number of carbonyl (C=O) groups excluding carboxylic acids is 1. The van der Waals surface area contributed by atoms with Crippen LogP contribution in [0.1, 0.15) is 19.3 Å². The fourth-order valence-electron chi connectivity index (χ4n) is 1.85. The van der Waals surface area contributed by atoms with Gasteiger partial charge in [-0.3, -0.25) is 4.79 Å². The van der Waals surface area contributed by atoms with Crippen LogP contribution in [-0.2, 0) is 14.3 Å². The fourth-order valence-corrected chi connectivity index (χ4v) is 1.85. The summed E-state index contributed by atoms with van der Waals surface area (Å²) in [4.78, 5) is 11.3. The molecule has 0 saturated carbocycles. The van der Waals surface area contributed by atoms with Gasteiger partial charge in [-0.15, -0.1) is 0 Å². The maximum absolute atomic E-state index is 11.3. The lowest BCUT2D eigenvalue weighted by molar-refractivity contribution is -0.146. The molecule has 0 radical (unpaired) electrons. The number of hydrogen-bond donors (Lipinski definition) is 1. The Morgan fingerprint density at radius 2 is 2.50 bits per heavy atom. The average molecular weight is 201 g/mol. The van der Waals surface area contributed by atoms with E-state index in [1.165, 1.54) is 7.11 Å². The van der Waals surface area contributed by atoms with E-state index in [4.69, 9.17) is 10.5 Å². The van der Waals surface area contributed by atoms with Gasteiger partial charge >= 0.3 is 5.97 Å². The molecule has 0 amide bonds. The molecular formula is C10H19NO3. The highest BCUT2D eigenvalue weighted by molar-refractivity contribution is 5.72. The summed E-state index contributed by atoms with van der Waals surface area (Å²) in [5, 5.41) is 0. The maximum Gasteiger partial charge on any atom is 0.309 e. The Bertz CT molecular complexity index is 178. The maximum atomic E-state index is 11.3. The van der Waals surface area contributed by atoms with Crippen LogP contribution in [0.5, 0.6) is 0 Å². The van der Waals surface area contributed by atoms with Crippen molar-refractivity contribution in [1.82, 2.24) is 0 Å². The second-order valence-corrected chi connectivity index (χ2v) is 3.77. The van der Waals surface area contributed by atoms with Crippen LogP contribution >= 0.6 is 0 Å². The largest absolute Gasteiger partial charge is 0.469 e. The Morgan fingerprint density at radius 3 is 3.00 bits per heavy atom. The van der Waals surface area contributed by atoms with Crippen molar-refractivity contribution in [2.24, 2.45) is 17.6 Å². The third kappa shape index (κ3) is 3.27. The summed E-state index contributed by atoms with van der Waals surface area (Å²) in [6.45, 7) is 1.97. The lowest BCUT2D eigenvalue weighted by Gasteiger charge is -2.24. The first-order valence-electron chi connectivity index (χ1n) is 5.13. The number of methoxy groups -OCH3 is 1. The monoisotopic (exact) mass is 201 g/mol. The minimum atomic E-state index is -0.196. The fraction of sp³-hybridized carbons (Fsp3) is 0.900. The normalized spacial score (nSPS) is 24.3. The van der Waals surface area contributed by atoms with E-state index in [1.54, 1.807) is 0 Å². The zero-order valence-electron chi connectivity index (χ0n) is 8.70. The lowest BCUT2D eigenvalue weighted by Crippen LogP contribution is -2.29. The molecule has 2 N–H and O–H groups in total. The van der Waals surface area contributed by atoms with Crippen molar-refractivity contribution < 1.29 is 14.3 Å². The number of ether oxygens (including phenoxy) is 2. The van der Waals surface area contributed by atoms with Crippen LogP contribution in [-0.4, -0.2) is 32.8 Å². The molecule has 2 atom stereocenters.